The van der Waals surface area contributed by atoms with Crippen molar-refractivity contribution < 1.29 is 9.50 Å². The maximum absolute atomic E-state index is 13.8. The van der Waals surface area contributed by atoms with Crippen LogP contribution in [-0.2, 0) is 0 Å². The molecule has 1 N–H and O–H groups in total. The summed E-state index contributed by atoms with van der Waals surface area (Å²) < 4.78 is 13.8. The third-order valence-electron chi connectivity index (χ3n) is 3.94. The second-order valence-corrected chi connectivity index (χ2v) is 5.15. The SMILES string of the molecule is C[C@@H](c1ccccc1F)N1CCN(CCCO)CC1. The quantitative estimate of drug-likeness (QED) is 0.881. The molecule has 1 atom stereocenters. The standard InChI is InChI=1S/C15H23FN2O/c1-13(14-5-2-3-6-15(14)16)18-10-8-17(9-11-18)7-4-12-19/h2-3,5-6,13,19H,4,7-12H2,1H3/t13-/m0/s1. The van der Waals surface area contributed by atoms with Crippen LogP contribution >= 0.6 is 0 Å². The summed E-state index contributed by atoms with van der Waals surface area (Å²) in [6, 6.07) is 7.16. The molecular weight excluding hydrogens is 243 g/mol. The molecule has 19 heavy (non-hydrogen) atoms. The molecular formula is C15H23FN2O. The lowest BCUT2D eigenvalue weighted by Gasteiger charge is -2.38. The van der Waals surface area contributed by atoms with Crippen molar-refractivity contribution in [3.8, 4) is 0 Å². The molecule has 106 valence electrons. The lowest BCUT2D eigenvalue weighted by molar-refractivity contribution is 0.0959. The van der Waals surface area contributed by atoms with E-state index in [0.717, 1.165) is 44.7 Å². The van der Waals surface area contributed by atoms with Gasteiger partial charge in [0.25, 0.3) is 0 Å². The lowest BCUT2D eigenvalue weighted by Crippen LogP contribution is -2.47. The van der Waals surface area contributed by atoms with Gasteiger partial charge >= 0.3 is 0 Å². The van der Waals surface area contributed by atoms with Crippen molar-refractivity contribution in [2.75, 3.05) is 39.3 Å². The second-order valence-electron chi connectivity index (χ2n) is 5.15. The molecule has 2 rings (SSSR count). The van der Waals surface area contributed by atoms with E-state index in [4.69, 9.17) is 5.11 Å². The van der Waals surface area contributed by atoms with Crippen LogP contribution in [0.2, 0.25) is 0 Å². The van der Waals surface area contributed by atoms with Crippen LogP contribution in [0.3, 0.4) is 0 Å². The monoisotopic (exact) mass is 266 g/mol. The van der Waals surface area contributed by atoms with Gasteiger partial charge in [-0.3, -0.25) is 4.90 Å². The molecule has 0 spiro atoms. The minimum atomic E-state index is -0.113. The minimum Gasteiger partial charge on any atom is -0.396 e. The Morgan fingerprint density at radius 3 is 2.53 bits per heavy atom. The first-order valence-corrected chi connectivity index (χ1v) is 7.04. The molecule has 0 bridgehead atoms. The van der Waals surface area contributed by atoms with Crippen molar-refractivity contribution in [1.29, 1.82) is 0 Å². The number of rotatable bonds is 5. The van der Waals surface area contributed by atoms with Crippen molar-refractivity contribution in [2.45, 2.75) is 19.4 Å². The fourth-order valence-corrected chi connectivity index (χ4v) is 2.68. The summed E-state index contributed by atoms with van der Waals surface area (Å²) in [6.45, 7) is 7.20. The van der Waals surface area contributed by atoms with E-state index in [1.165, 1.54) is 6.07 Å². The van der Waals surface area contributed by atoms with E-state index in [9.17, 15) is 4.39 Å². The number of benzene rings is 1. The van der Waals surface area contributed by atoms with Crippen molar-refractivity contribution in [1.82, 2.24) is 9.80 Å². The summed E-state index contributed by atoms with van der Waals surface area (Å²) >= 11 is 0. The highest BCUT2D eigenvalue weighted by Gasteiger charge is 2.23. The predicted molar refractivity (Wildman–Crippen MR) is 74.5 cm³/mol. The molecule has 0 aliphatic carbocycles. The van der Waals surface area contributed by atoms with Gasteiger partial charge < -0.3 is 10.0 Å². The Kier molecular flexibility index (Phi) is 5.31. The summed E-state index contributed by atoms with van der Waals surface area (Å²) in [7, 11) is 0. The summed E-state index contributed by atoms with van der Waals surface area (Å²) in [5.74, 6) is -0.113. The van der Waals surface area contributed by atoms with Crippen LogP contribution in [0.4, 0.5) is 4.39 Å². The smallest absolute Gasteiger partial charge is 0.127 e. The first-order chi connectivity index (χ1) is 9.22. The fraction of sp³-hybridized carbons (Fsp3) is 0.600. The Morgan fingerprint density at radius 2 is 1.89 bits per heavy atom. The summed E-state index contributed by atoms with van der Waals surface area (Å²) in [5, 5.41) is 8.84. The highest BCUT2D eigenvalue weighted by Crippen LogP contribution is 2.23. The van der Waals surface area contributed by atoms with E-state index >= 15 is 0 Å². The average Bonchev–Trinajstić information content (AvgIpc) is 2.45. The molecule has 0 amide bonds. The Hall–Kier alpha value is -0.970. The molecule has 0 saturated carbocycles. The molecule has 0 aromatic heterocycles. The van der Waals surface area contributed by atoms with Crippen molar-refractivity contribution in [3.05, 3.63) is 35.6 Å². The van der Waals surface area contributed by atoms with Gasteiger partial charge in [-0.25, -0.2) is 4.39 Å². The molecule has 1 aromatic carbocycles. The molecule has 1 aliphatic rings. The topological polar surface area (TPSA) is 26.7 Å². The first-order valence-electron chi connectivity index (χ1n) is 7.04. The van der Waals surface area contributed by atoms with Gasteiger partial charge in [-0.05, 0) is 19.4 Å². The number of hydrogen-bond acceptors (Lipinski definition) is 3. The normalized spacial score (nSPS) is 19.5. The number of hydrogen-bond donors (Lipinski definition) is 1. The highest BCUT2D eigenvalue weighted by molar-refractivity contribution is 5.20. The van der Waals surface area contributed by atoms with Gasteiger partial charge in [-0.2, -0.15) is 0 Å². The third kappa shape index (κ3) is 3.75. The van der Waals surface area contributed by atoms with Crippen molar-refractivity contribution in [2.24, 2.45) is 0 Å². The second kappa shape index (κ2) is 6.98. The predicted octanol–water partition coefficient (Wildman–Crippen LogP) is 1.89. The van der Waals surface area contributed by atoms with Gasteiger partial charge in [0.15, 0.2) is 0 Å². The lowest BCUT2D eigenvalue weighted by atomic mass is 10.1. The largest absolute Gasteiger partial charge is 0.396 e. The van der Waals surface area contributed by atoms with Crippen molar-refractivity contribution in [3.63, 3.8) is 0 Å². The van der Waals surface area contributed by atoms with Crippen LogP contribution in [0.15, 0.2) is 24.3 Å². The van der Waals surface area contributed by atoms with E-state index in [2.05, 4.69) is 16.7 Å². The molecule has 1 fully saturated rings. The Labute approximate surface area is 114 Å². The zero-order valence-electron chi connectivity index (χ0n) is 11.6. The van der Waals surface area contributed by atoms with Gasteiger partial charge in [0, 0.05) is 50.9 Å². The molecule has 1 heterocycles. The maximum Gasteiger partial charge on any atom is 0.127 e. The van der Waals surface area contributed by atoms with E-state index in [-0.39, 0.29) is 18.5 Å². The summed E-state index contributed by atoms with van der Waals surface area (Å²) in [6.07, 6.45) is 0.836. The molecule has 1 aliphatic heterocycles. The van der Waals surface area contributed by atoms with Gasteiger partial charge in [-0.1, -0.05) is 18.2 Å². The Balaban J connectivity index is 1.89. The molecule has 1 aromatic rings. The van der Waals surface area contributed by atoms with Crippen LogP contribution in [0.5, 0.6) is 0 Å². The summed E-state index contributed by atoms with van der Waals surface area (Å²) in [5.41, 5.74) is 0.784. The van der Waals surface area contributed by atoms with Crippen LogP contribution < -0.4 is 0 Å². The van der Waals surface area contributed by atoms with E-state index in [1.54, 1.807) is 6.07 Å². The average molecular weight is 266 g/mol. The molecule has 0 unspecified atom stereocenters. The maximum atomic E-state index is 13.8. The number of aliphatic hydroxyl groups is 1. The van der Waals surface area contributed by atoms with Crippen LogP contribution in [0.1, 0.15) is 24.9 Å². The molecule has 4 heteroatoms. The Morgan fingerprint density at radius 1 is 1.21 bits per heavy atom. The number of aliphatic hydroxyl groups excluding tert-OH is 1. The third-order valence-corrected chi connectivity index (χ3v) is 3.94. The zero-order valence-corrected chi connectivity index (χ0v) is 11.6. The van der Waals surface area contributed by atoms with E-state index in [1.807, 2.05) is 12.1 Å². The number of halogens is 1. The Bertz CT molecular complexity index is 391. The van der Waals surface area contributed by atoms with E-state index in [0.29, 0.717) is 0 Å². The van der Waals surface area contributed by atoms with Crippen molar-refractivity contribution >= 4 is 0 Å². The fourth-order valence-electron chi connectivity index (χ4n) is 2.68. The van der Waals surface area contributed by atoms with Crippen LogP contribution in [0.25, 0.3) is 0 Å². The molecule has 3 nitrogen and oxygen atoms in total. The van der Waals surface area contributed by atoms with Gasteiger partial charge in [0.2, 0.25) is 0 Å². The molecule has 0 radical (unpaired) electrons. The minimum absolute atomic E-state index is 0.113. The first kappa shape index (κ1) is 14.4. The highest BCUT2D eigenvalue weighted by atomic mass is 19.1. The van der Waals surface area contributed by atoms with Gasteiger partial charge in [-0.15, -0.1) is 0 Å². The number of piperazine rings is 1. The number of nitrogens with zero attached hydrogens (tertiary/aromatic N) is 2. The van der Waals surface area contributed by atoms with Gasteiger partial charge in [0.05, 0.1) is 0 Å². The summed E-state index contributed by atoms with van der Waals surface area (Å²) in [4.78, 5) is 4.69. The van der Waals surface area contributed by atoms with Crippen LogP contribution in [-0.4, -0.2) is 54.2 Å². The zero-order chi connectivity index (χ0) is 13.7. The van der Waals surface area contributed by atoms with E-state index < -0.39 is 0 Å². The van der Waals surface area contributed by atoms with Crippen LogP contribution in [0, 0.1) is 5.82 Å². The van der Waals surface area contributed by atoms with Gasteiger partial charge in [0.1, 0.15) is 5.82 Å². The molecule has 1 saturated heterocycles.